The molecule has 5 heteroatoms. The summed E-state index contributed by atoms with van der Waals surface area (Å²) in [4.78, 5) is 17.3. The SMILES string of the molecule is Cc1cc(C)c(C)c(Cn2c(CCCCCNC(=O)Cc3ccccc3Cl)nc3ccccc32)c1C. The van der Waals surface area contributed by atoms with E-state index in [1.807, 2.05) is 24.3 Å². The van der Waals surface area contributed by atoms with Crippen LogP contribution in [0, 0.1) is 27.7 Å². The highest BCUT2D eigenvalue weighted by Gasteiger charge is 2.15. The Morgan fingerprint density at radius 3 is 2.36 bits per heavy atom. The number of imidazole rings is 1. The molecular formula is C31H36ClN3O. The average molecular weight is 502 g/mol. The van der Waals surface area contributed by atoms with Crippen LogP contribution in [0.3, 0.4) is 0 Å². The van der Waals surface area contributed by atoms with Crippen molar-refractivity contribution < 1.29 is 4.79 Å². The summed E-state index contributed by atoms with van der Waals surface area (Å²) < 4.78 is 2.40. The molecule has 1 heterocycles. The van der Waals surface area contributed by atoms with Gasteiger partial charge in [0.05, 0.1) is 17.5 Å². The average Bonchev–Trinajstić information content (AvgIpc) is 3.21. The number of unbranched alkanes of at least 4 members (excludes halogenated alkanes) is 2. The van der Waals surface area contributed by atoms with E-state index in [-0.39, 0.29) is 5.91 Å². The van der Waals surface area contributed by atoms with Crippen molar-refractivity contribution >= 4 is 28.5 Å². The first-order valence-electron chi connectivity index (χ1n) is 12.9. The molecule has 0 unspecified atom stereocenters. The number of hydrogen-bond donors (Lipinski definition) is 1. The van der Waals surface area contributed by atoms with Crippen molar-refractivity contribution in [3.8, 4) is 0 Å². The van der Waals surface area contributed by atoms with Gasteiger partial charge in [-0.05, 0) is 92.1 Å². The number of halogens is 1. The van der Waals surface area contributed by atoms with Crippen LogP contribution in [0.2, 0.25) is 5.02 Å². The lowest BCUT2D eigenvalue weighted by Crippen LogP contribution is -2.26. The first-order chi connectivity index (χ1) is 17.3. The van der Waals surface area contributed by atoms with Crippen LogP contribution >= 0.6 is 11.6 Å². The number of carbonyl (C=O) groups excluding carboxylic acids is 1. The van der Waals surface area contributed by atoms with Crippen molar-refractivity contribution in [2.24, 2.45) is 0 Å². The highest BCUT2D eigenvalue weighted by molar-refractivity contribution is 6.31. The fourth-order valence-electron chi connectivity index (χ4n) is 4.88. The fraction of sp³-hybridized carbons (Fsp3) is 0.355. The summed E-state index contributed by atoms with van der Waals surface area (Å²) in [6, 6.07) is 18.2. The van der Waals surface area contributed by atoms with E-state index in [0.29, 0.717) is 18.0 Å². The minimum absolute atomic E-state index is 0.0177. The summed E-state index contributed by atoms with van der Waals surface area (Å²) in [5.41, 5.74) is 9.94. The molecule has 4 rings (SSSR count). The van der Waals surface area contributed by atoms with Gasteiger partial charge in [-0.1, -0.05) is 54.4 Å². The van der Waals surface area contributed by atoms with Gasteiger partial charge in [-0.15, -0.1) is 0 Å². The van der Waals surface area contributed by atoms with Gasteiger partial charge in [0.2, 0.25) is 5.91 Å². The van der Waals surface area contributed by atoms with Crippen molar-refractivity contribution in [1.82, 2.24) is 14.9 Å². The monoisotopic (exact) mass is 501 g/mol. The summed E-state index contributed by atoms with van der Waals surface area (Å²) >= 11 is 6.17. The Morgan fingerprint density at radius 1 is 0.917 bits per heavy atom. The first-order valence-corrected chi connectivity index (χ1v) is 13.2. The topological polar surface area (TPSA) is 46.9 Å². The molecule has 1 amide bonds. The van der Waals surface area contributed by atoms with Crippen LogP contribution in [0.4, 0.5) is 0 Å². The summed E-state index contributed by atoms with van der Waals surface area (Å²) in [6.07, 6.45) is 4.27. The number of fused-ring (bicyclic) bond motifs is 1. The lowest BCUT2D eigenvalue weighted by atomic mass is 9.94. The zero-order valence-electron chi connectivity index (χ0n) is 21.8. The second kappa shape index (κ2) is 11.7. The fourth-order valence-corrected chi connectivity index (χ4v) is 5.08. The molecule has 4 aromatic rings. The molecule has 3 aromatic carbocycles. The van der Waals surface area contributed by atoms with Crippen LogP contribution in [0.1, 0.15) is 58.5 Å². The predicted octanol–water partition coefficient (Wildman–Crippen LogP) is 7.04. The molecule has 36 heavy (non-hydrogen) atoms. The molecule has 188 valence electrons. The Morgan fingerprint density at radius 2 is 1.61 bits per heavy atom. The minimum Gasteiger partial charge on any atom is -0.356 e. The maximum absolute atomic E-state index is 12.3. The second-order valence-electron chi connectivity index (χ2n) is 9.77. The van der Waals surface area contributed by atoms with Gasteiger partial charge in [0.15, 0.2) is 0 Å². The van der Waals surface area contributed by atoms with Crippen molar-refractivity contribution in [1.29, 1.82) is 0 Å². The van der Waals surface area contributed by atoms with E-state index in [4.69, 9.17) is 16.6 Å². The van der Waals surface area contributed by atoms with E-state index in [1.54, 1.807) is 0 Å². The summed E-state index contributed by atoms with van der Waals surface area (Å²) in [6.45, 7) is 10.4. The molecule has 0 atom stereocenters. The third-order valence-corrected chi connectivity index (χ3v) is 7.65. The molecule has 0 spiro atoms. The van der Waals surface area contributed by atoms with Crippen molar-refractivity contribution in [2.45, 2.75) is 66.3 Å². The number of amides is 1. The van der Waals surface area contributed by atoms with Crippen molar-refractivity contribution in [3.63, 3.8) is 0 Å². The van der Waals surface area contributed by atoms with Gasteiger partial charge in [0.25, 0.3) is 0 Å². The van der Waals surface area contributed by atoms with Crippen LogP contribution in [-0.4, -0.2) is 22.0 Å². The van der Waals surface area contributed by atoms with Gasteiger partial charge in [-0.2, -0.15) is 0 Å². The Hall–Kier alpha value is -3.11. The van der Waals surface area contributed by atoms with Crippen molar-refractivity contribution in [2.75, 3.05) is 6.54 Å². The Balaban J connectivity index is 1.36. The second-order valence-corrected chi connectivity index (χ2v) is 10.2. The Kier molecular flexibility index (Phi) is 8.48. The molecule has 4 nitrogen and oxygen atoms in total. The first kappa shape index (κ1) is 26.0. The Bertz CT molecular complexity index is 1350. The number of aromatic nitrogens is 2. The summed E-state index contributed by atoms with van der Waals surface area (Å²) in [5, 5.41) is 3.67. The number of benzene rings is 3. The van der Waals surface area contributed by atoms with Crippen LogP contribution < -0.4 is 5.32 Å². The minimum atomic E-state index is 0.0177. The molecule has 0 aliphatic heterocycles. The maximum Gasteiger partial charge on any atom is 0.224 e. The maximum atomic E-state index is 12.3. The smallest absolute Gasteiger partial charge is 0.224 e. The molecule has 1 N–H and O–H groups in total. The highest BCUT2D eigenvalue weighted by atomic mass is 35.5. The predicted molar refractivity (Wildman–Crippen MR) is 150 cm³/mol. The van der Waals surface area contributed by atoms with E-state index in [0.717, 1.165) is 49.1 Å². The molecular weight excluding hydrogens is 466 g/mol. The van der Waals surface area contributed by atoms with Gasteiger partial charge in [0, 0.05) is 24.5 Å². The Labute approximate surface area is 219 Å². The molecule has 1 aromatic heterocycles. The molecule has 0 aliphatic carbocycles. The number of carbonyl (C=O) groups is 1. The van der Waals surface area contributed by atoms with E-state index in [9.17, 15) is 4.79 Å². The number of nitrogens with one attached hydrogen (secondary N) is 1. The van der Waals surface area contributed by atoms with E-state index in [1.165, 1.54) is 33.3 Å². The zero-order chi connectivity index (χ0) is 25.7. The lowest BCUT2D eigenvalue weighted by molar-refractivity contribution is -0.120. The number of hydrogen-bond acceptors (Lipinski definition) is 2. The lowest BCUT2D eigenvalue weighted by Gasteiger charge is -2.18. The van der Waals surface area contributed by atoms with Crippen LogP contribution in [0.5, 0.6) is 0 Å². The van der Waals surface area contributed by atoms with E-state index < -0.39 is 0 Å². The van der Waals surface area contributed by atoms with Crippen LogP contribution in [0.25, 0.3) is 11.0 Å². The number of para-hydroxylation sites is 2. The number of rotatable bonds is 10. The van der Waals surface area contributed by atoms with Crippen LogP contribution in [0.15, 0.2) is 54.6 Å². The quantitative estimate of drug-likeness (QED) is 0.237. The summed E-state index contributed by atoms with van der Waals surface area (Å²) in [7, 11) is 0. The zero-order valence-corrected chi connectivity index (χ0v) is 22.6. The molecule has 0 saturated heterocycles. The van der Waals surface area contributed by atoms with Gasteiger partial charge in [-0.3, -0.25) is 4.79 Å². The van der Waals surface area contributed by atoms with Crippen molar-refractivity contribution in [3.05, 3.63) is 98.8 Å². The largest absolute Gasteiger partial charge is 0.356 e. The van der Waals surface area contributed by atoms with Gasteiger partial charge < -0.3 is 9.88 Å². The molecule has 0 fully saturated rings. The molecule has 0 bridgehead atoms. The molecule has 0 saturated carbocycles. The van der Waals surface area contributed by atoms with Gasteiger partial charge >= 0.3 is 0 Å². The third-order valence-electron chi connectivity index (χ3n) is 7.28. The number of aryl methyl sites for hydroxylation is 3. The molecule has 0 aliphatic rings. The number of nitrogens with zero attached hydrogens (tertiary/aromatic N) is 2. The molecule has 0 radical (unpaired) electrons. The van der Waals surface area contributed by atoms with E-state index >= 15 is 0 Å². The van der Waals surface area contributed by atoms with Gasteiger partial charge in [-0.25, -0.2) is 4.98 Å². The highest BCUT2D eigenvalue weighted by Crippen LogP contribution is 2.26. The third kappa shape index (κ3) is 5.99. The normalized spacial score (nSPS) is 11.2. The van der Waals surface area contributed by atoms with Crippen LogP contribution in [-0.2, 0) is 24.2 Å². The summed E-state index contributed by atoms with van der Waals surface area (Å²) in [5.74, 6) is 1.15. The van der Waals surface area contributed by atoms with Gasteiger partial charge in [0.1, 0.15) is 5.82 Å². The van der Waals surface area contributed by atoms with E-state index in [2.05, 4.69) is 67.9 Å². The standard InChI is InChI=1S/C31H36ClN3O/c1-21-18-22(2)24(4)26(23(21)3)20-35-29-15-10-9-14-28(29)34-30(35)16-6-5-11-17-33-31(36)19-25-12-7-8-13-27(25)32/h7-10,12-15,18H,5-6,11,16-17,19-20H2,1-4H3,(H,33,36).